The Hall–Kier alpha value is -1.15. The van der Waals surface area contributed by atoms with Crippen molar-refractivity contribution in [3.63, 3.8) is 0 Å². The number of nitrogens with zero attached hydrogens (tertiary/aromatic N) is 1. The summed E-state index contributed by atoms with van der Waals surface area (Å²) in [5, 5.41) is 10.8. The van der Waals surface area contributed by atoms with Crippen LogP contribution in [0.25, 0.3) is 0 Å². The highest BCUT2D eigenvalue weighted by Gasteiger charge is 2.20. The Kier molecular flexibility index (Phi) is 5.54. The van der Waals surface area contributed by atoms with Gasteiger partial charge in [-0.1, -0.05) is 31.9 Å². The predicted molar refractivity (Wildman–Crippen MR) is 71.0 cm³/mol. The molecule has 18 heavy (non-hydrogen) atoms. The quantitative estimate of drug-likeness (QED) is 0.338. The van der Waals surface area contributed by atoms with Crippen LogP contribution in [0.15, 0.2) is 22.7 Å². The standard InChI is InChI=1S/C10H9Br2NO5/c1-17-10(14)7(12)5-18-9-3-2-6(11)4-8(9)13(15)16/h2-4,7H,5H2,1H3. The molecule has 0 amide bonds. The third-order valence-electron chi connectivity index (χ3n) is 1.96. The van der Waals surface area contributed by atoms with Crippen molar-refractivity contribution in [3.8, 4) is 5.75 Å². The van der Waals surface area contributed by atoms with Crippen LogP contribution in [0.5, 0.6) is 5.75 Å². The van der Waals surface area contributed by atoms with Gasteiger partial charge in [0.1, 0.15) is 11.4 Å². The molecule has 0 aliphatic rings. The number of halogens is 2. The lowest BCUT2D eigenvalue weighted by Gasteiger charge is -2.10. The van der Waals surface area contributed by atoms with Crippen molar-refractivity contribution < 1.29 is 19.2 Å². The van der Waals surface area contributed by atoms with E-state index in [0.29, 0.717) is 4.47 Å². The number of hydrogen-bond donors (Lipinski definition) is 0. The Labute approximate surface area is 120 Å². The summed E-state index contributed by atoms with van der Waals surface area (Å²) in [5.74, 6) is -0.411. The lowest BCUT2D eigenvalue weighted by atomic mass is 10.3. The summed E-state index contributed by atoms with van der Waals surface area (Å²) in [6.07, 6.45) is 0. The number of methoxy groups -OCH3 is 1. The number of esters is 1. The molecule has 1 rings (SSSR count). The second-order valence-corrected chi connectivity index (χ2v) is 5.19. The van der Waals surface area contributed by atoms with E-state index in [1.165, 1.54) is 19.2 Å². The Bertz CT molecular complexity index is 466. The van der Waals surface area contributed by atoms with Gasteiger partial charge < -0.3 is 9.47 Å². The Morgan fingerprint density at radius 1 is 1.56 bits per heavy atom. The smallest absolute Gasteiger partial charge is 0.322 e. The van der Waals surface area contributed by atoms with Crippen molar-refractivity contribution in [2.75, 3.05) is 13.7 Å². The highest BCUT2D eigenvalue weighted by Crippen LogP contribution is 2.30. The summed E-state index contributed by atoms with van der Waals surface area (Å²) in [6.45, 7) is -0.0604. The van der Waals surface area contributed by atoms with E-state index < -0.39 is 15.7 Å². The maximum atomic E-state index is 11.1. The van der Waals surface area contributed by atoms with Crippen LogP contribution in [0, 0.1) is 10.1 Å². The fraction of sp³-hybridized carbons (Fsp3) is 0.300. The number of nitro groups is 1. The van der Waals surface area contributed by atoms with E-state index in [1.54, 1.807) is 6.07 Å². The zero-order valence-corrected chi connectivity index (χ0v) is 12.4. The minimum Gasteiger partial charge on any atom is -0.485 e. The van der Waals surface area contributed by atoms with Gasteiger partial charge in [-0.15, -0.1) is 0 Å². The van der Waals surface area contributed by atoms with E-state index in [1.807, 2.05) is 0 Å². The minimum absolute atomic E-state index is 0.0604. The molecule has 1 atom stereocenters. The first-order valence-electron chi connectivity index (χ1n) is 4.74. The number of nitro benzene ring substituents is 1. The van der Waals surface area contributed by atoms with Crippen molar-refractivity contribution in [2.45, 2.75) is 4.83 Å². The van der Waals surface area contributed by atoms with Gasteiger partial charge in [0, 0.05) is 10.5 Å². The summed E-state index contributed by atoms with van der Waals surface area (Å²) in [5.41, 5.74) is -0.172. The lowest BCUT2D eigenvalue weighted by Crippen LogP contribution is -2.23. The van der Waals surface area contributed by atoms with Crippen LogP contribution in [0.3, 0.4) is 0 Å². The first-order valence-corrected chi connectivity index (χ1v) is 6.45. The first-order chi connectivity index (χ1) is 8.45. The van der Waals surface area contributed by atoms with Crippen LogP contribution in [0.1, 0.15) is 0 Å². The number of hydrogen-bond acceptors (Lipinski definition) is 5. The lowest BCUT2D eigenvalue weighted by molar-refractivity contribution is -0.385. The Morgan fingerprint density at radius 2 is 2.22 bits per heavy atom. The molecule has 0 saturated carbocycles. The maximum Gasteiger partial charge on any atom is 0.322 e. The van der Waals surface area contributed by atoms with Crippen LogP contribution >= 0.6 is 31.9 Å². The van der Waals surface area contributed by atoms with E-state index in [2.05, 4.69) is 36.6 Å². The molecule has 0 fully saturated rings. The van der Waals surface area contributed by atoms with Crippen molar-refractivity contribution in [1.29, 1.82) is 0 Å². The van der Waals surface area contributed by atoms with Crippen LogP contribution in [-0.4, -0.2) is 29.4 Å². The van der Waals surface area contributed by atoms with Crippen molar-refractivity contribution >= 4 is 43.5 Å². The molecule has 1 aromatic rings. The van der Waals surface area contributed by atoms with Gasteiger partial charge in [-0.3, -0.25) is 14.9 Å². The molecule has 0 aromatic heterocycles. The molecule has 0 heterocycles. The molecule has 0 radical (unpaired) electrons. The molecule has 0 aliphatic heterocycles. The molecule has 0 bridgehead atoms. The molecule has 0 saturated heterocycles. The van der Waals surface area contributed by atoms with E-state index in [4.69, 9.17) is 4.74 Å². The normalized spacial score (nSPS) is 11.7. The number of benzene rings is 1. The Balaban J connectivity index is 2.79. The summed E-state index contributed by atoms with van der Waals surface area (Å²) in [6, 6.07) is 4.40. The number of ether oxygens (including phenoxy) is 2. The minimum atomic E-state index is -0.675. The van der Waals surface area contributed by atoms with E-state index in [-0.39, 0.29) is 18.0 Å². The molecule has 1 aromatic carbocycles. The molecule has 98 valence electrons. The molecule has 6 nitrogen and oxygen atoms in total. The van der Waals surface area contributed by atoms with E-state index >= 15 is 0 Å². The monoisotopic (exact) mass is 381 g/mol. The van der Waals surface area contributed by atoms with Crippen molar-refractivity contribution in [1.82, 2.24) is 0 Å². The van der Waals surface area contributed by atoms with E-state index in [9.17, 15) is 14.9 Å². The van der Waals surface area contributed by atoms with Gasteiger partial charge in [0.05, 0.1) is 12.0 Å². The van der Waals surface area contributed by atoms with Gasteiger partial charge in [-0.2, -0.15) is 0 Å². The van der Waals surface area contributed by atoms with Gasteiger partial charge >= 0.3 is 11.7 Å². The average molecular weight is 383 g/mol. The molecular formula is C10H9Br2NO5. The van der Waals surface area contributed by atoms with E-state index in [0.717, 1.165) is 0 Å². The van der Waals surface area contributed by atoms with Crippen molar-refractivity contribution in [2.24, 2.45) is 0 Å². The fourth-order valence-corrected chi connectivity index (χ4v) is 1.78. The second kappa shape index (κ2) is 6.69. The largest absolute Gasteiger partial charge is 0.485 e. The number of carbonyl (C=O) groups excluding carboxylic acids is 1. The summed E-state index contributed by atoms with van der Waals surface area (Å²) >= 11 is 6.19. The van der Waals surface area contributed by atoms with Gasteiger partial charge in [0.2, 0.25) is 0 Å². The second-order valence-electron chi connectivity index (χ2n) is 3.17. The van der Waals surface area contributed by atoms with Gasteiger partial charge in [0.15, 0.2) is 5.75 Å². The summed E-state index contributed by atoms with van der Waals surface area (Å²) in [4.78, 5) is 20.7. The molecular weight excluding hydrogens is 374 g/mol. The number of carbonyl (C=O) groups is 1. The third-order valence-corrected chi connectivity index (χ3v) is 3.09. The first kappa shape index (κ1) is 14.9. The predicted octanol–water partition coefficient (Wildman–Crippen LogP) is 2.67. The maximum absolute atomic E-state index is 11.1. The van der Waals surface area contributed by atoms with Crippen LogP contribution in [0.2, 0.25) is 0 Å². The van der Waals surface area contributed by atoms with Crippen LogP contribution in [-0.2, 0) is 9.53 Å². The van der Waals surface area contributed by atoms with Crippen molar-refractivity contribution in [3.05, 3.63) is 32.8 Å². The van der Waals surface area contributed by atoms with Gasteiger partial charge in [-0.05, 0) is 12.1 Å². The molecule has 0 aliphatic carbocycles. The summed E-state index contributed by atoms with van der Waals surface area (Å²) < 4.78 is 10.3. The highest BCUT2D eigenvalue weighted by atomic mass is 79.9. The third kappa shape index (κ3) is 3.95. The highest BCUT2D eigenvalue weighted by molar-refractivity contribution is 9.10. The Morgan fingerprint density at radius 3 is 2.78 bits per heavy atom. The SMILES string of the molecule is COC(=O)C(Br)COc1ccc(Br)cc1[N+](=O)[O-]. The zero-order valence-electron chi connectivity index (χ0n) is 9.26. The number of rotatable bonds is 5. The molecule has 1 unspecified atom stereocenters. The van der Waals surface area contributed by atoms with Gasteiger partial charge in [-0.25, -0.2) is 0 Å². The number of alkyl halides is 1. The fourth-order valence-electron chi connectivity index (χ4n) is 1.11. The van der Waals surface area contributed by atoms with Crippen LogP contribution < -0.4 is 4.74 Å². The van der Waals surface area contributed by atoms with Gasteiger partial charge in [0.25, 0.3) is 0 Å². The molecule has 0 N–H and O–H groups in total. The zero-order chi connectivity index (χ0) is 13.7. The topological polar surface area (TPSA) is 78.7 Å². The average Bonchev–Trinajstić information content (AvgIpc) is 2.35. The van der Waals surface area contributed by atoms with Crippen LogP contribution in [0.4, 0.5) is 5.69 Å². The molecule has 8 heteroatoms. The molecule has 0 spiro atoms. The summed E-state index contributed by atoms with van der Waals surface area (Å²) in [7, 11) is 1.25.